The minimum atomic E-state index is -0.554. The molecule has 0 fully saturated rings. The van der Waals surface area contributed by atoms with E-state index in [1.807, 2.05) is 0 Å². The van der Waals surface area contributed by atoms with E-state index in [4.69, 9.17) is 9.47 Å². The highest BCUT2D eigenvalue weighted by Gasteiger charge is 2.15. The lowest BCUT2D eigenvalue weighted by atomic mass is 10.1. The number of nitrogens with one attached hydrogen (secondary N) is 1. The van der Waals surface area contributed by atoms with Crippen LogP contribution in [0.25, 0.3) is 0 Å². The molecule has 7 heteroatoms. The number of esters is 2. The first-order chi connectivity index (χ1) is 11.7. The van der Waals surface area contributed by atoms with Crippen molar-refractivity contribution in [3.05, 3.63) is 35.4 Å². The fraction of sp³-hybridized carbons (Fsp3) is 0.500. The summed E-state index contributed by atoms with van der Waals surface area (Å²) in [4.78, 5) is 34.6. The summed E-state index contributed by atoms with van der Waals surface area (Å²) in [6.07, 6.45) is 0.104. The van der Waals surface area contributed by atoms with Crippen molar-refractivity contribution in [3.63, 3.8) is 0 Å². The van der Waals surface area contributed by atoms with E-state index in [-0.39, 0.29) is 19.0 Å². The number of hydrogen-bond acceptors (Lipinski definition) is 6. The number of carbonyl (C=O) groups excluding carboxylic acids is 3. The maximum absolute atomic E-state index is 11.7. The summed E-state index contributed by atoms with van der Waals surface area (Å²) in [6.45, 7) is 5.72. The van der Waals surface area contributed by atoms with Gasteiger partial charge in [-0.1, -0.05) is 12.1 Å². The molecule has 0 aliphatic heterocycles. The molecule has 0 spiro atoms. The molecule has 0 saturated heterocycles. The van der Waals surface area contributed by atoms with E-state index in [9.17, 15) is 14.4 Å². The predicted octanol–water partition coefficient (Wildman–Crippen LogP) is 2.82. The second-order valence-electron chi connectivity index (χ2n) is 6.38. The van der Waals surface area contributed by atoms with Gasteiger partial charge in [-0.2, -0.15) is 0 Å². The van der Waals surface area contributed by atoms with Gasteiger partial charge in [-0.3, -0.25) is 4.79 Å². The number of hydrogen-bond donors (Lipinski definition) is 1. The third kappa shape index (κ3) is 8.74. The summed E-state index contributed by atoms with van der Waals surface area (Å²) in [5.41, 5.74) is 0.544. The zero-order chi connectivity index (χ0) is 18.9. The summed E-state index contributed by atoms with van der Waals surface area (Å²) in [6, 6.07) is 6.69. The lowest BCUT2D eigenvalue weighted by molar-refractivity contribution is -0.145. The molecule has 0 bridgehead atoms. The Morgan fingerprint density at radius 3 is 2.52 bits per heavy atom. The molecular formula is C18H25NO6. The van der Waals surface area contributed by atoms with Crippen molar-refractivity contribution in [1.82, 2.24) is 5.32 Å². The second kappa shape index (κ2) is 9.66. The van der Waals surface area contributed by atoms with Gasteiger partial charge in [0.25, 0.3) is 0 Å². The Morgan fingerprint density at radius 1 is 1.16 bits per heavy atom. The van der Waals surface area contributed by atoms with E-state index >= 15 is 0 Å². The van der Waals surface area contributed by atoms with Gasteiger partial charge in [0.2, 0.25) is 0 Å². The van der Waals surface area contributed by atoms with Crippen molar-refractivity contribution in [2.45, 2.75) is 45.8 Å². The van der Waals surface area contributed by atoms with Gasteiger partial charge in [-0.05, 0) is 44.9 Å². The Kier molecular flexibility index (Phi) is 7.91. The van der Waals surface area contributed by atoms with Crippen molar-refractivity contribution in [2.75, 3.05) is 13.7 Å². The van der Waals surface area contributed by atoms with E-state index in [0.29, 0.717) is 24.1 Å². The quantitative estimate of drug-likeness (QED) is 0.461. The summed E-state index contributed by atoms with van der Waals surface area (Å²) in [5.74, 6) is -0.823. The molecular weight excluding hydrogens is 326 g/mol. The smallest absolute Gasteiger partial charge is 0.407 e. The molecule has 0 heterocycles. The molecule has 1 aromatic rings. The molecule has 25 heavy (non-hydrogen) atoms. The third-order valence-corrected chi connectivity index (χ3v) is 2.97. The predicted molar refractivity (Wildman–Crippen MR) is 91.0 cm³/mol. The van der Waals surface area contributed by atoms with Crippen molar-refractivity contribution in [2.24, 2.45) is 0 Å². The lowest BCUT2D eigenvalue weighted by Gasteiger charge is -2.19. The largest absolute Gasteiger partial charge is 0.465 e. The second-order valence-corrected chi connectivity index (χ2v) is 6.38. The van der Waals surface area contributed by atoms with Crippen LogP contribution < -0.4 is 5.32 Å². The van der Waals surface area contributed by atoms with Crippen molar-refractivity contribution in [1.29, 1.82) is 0 Å². The van der Waals surface area contributed by atoms with Gasteiger partial charge in [-0.15, -0.1) is 0 Å². The monoisotopic (exact) mass is 351 g/mol. The molecule has 138 valence electrons. The zero-order valence-electron chi connectivity index (χ0n) is 15.1. The molecule has 1 rings (SSSR count). The molecule has 0 radical (unpaired) electrons. The fourth-order valence-electron chi connectivity index (χ4n) is 1.88. The first-order valence-corrected chi connectivity index (χ1v) is 8.01. The highest BCUT2D eigenvalue weighted by Crippen LogP contribution is 2.09. The molecule has 0 unspecified atom stereocenters. The van der Waals surface area contributed by atoms with E-state index in [0.717, 1.165) is 0 Å². The highest BCUT2D eigenvalue weighted by molar-refractivity contribution is 5.89. The van der Waals surface area contributed by atoms with Crippen LogP contribution >= 0.6 is 0 Å². The number of ether oxygens (including phenoxy) is 3. The molecule has 1 amide bonds. The van der Waals surface area contributed by atoms with Crippen LogP contribution in [0.4, 0.5) is 4.79 Å². The van der Waals surface area contributed by atoms with Gasteiger partial charge in [0, 0.05) is 13.0 Å². The number of alkyl carbamates (subject to hydrolysis) is 1. The van der Waals surface area contributed by atoms with Gasteiger partial charge in [0.1, 0.15) is 12.2 Å². The Balaban J connectivity index is 2.27. The molecule has 7 nitrogen and oxygen atoms in total. The minimum Gasteiger partial charge on any atom is -0.465 e. The Hall–Kier alpha value is -2.57. The summed E-state index contributed by atoms with van der Waals surface area (Å²) in [7, 11) is 1.31. The van der Waals surface area contributed by atoms with Crippen LogP contribution in [0.3, 0.4) is 0 Å². The van der Waals surface area contributed by atoms with Crippen molar-refractivity contribution >= 4 is 18.0 Å². The Morgan fingerprint density at radius 2 is 1.88 bits per heavy atom. The van der Waals surface area contributed by atoms with Crippen LogP contribution in [-0.4, -0.2) is 37.3 Å². The number of benzene rings is 1. The third-order valence-electron chi connectivity index (χ3n) is 2.97. The maximum Gasteiger partial charge on any atom is 0.407 e. The number of methoxy groups -OCH3 is 1. The first kappa shape index (κ1) is 20.5. The van der Waals surface area contributed by atoms with Crippen LogP contribution in [0.15, 0.2) is 24.3 Å². The van der Waals surface area contributed by atoms with Gasteiger partial charge in [0.05, 0.1) is 12.7 Å². The van der Waals surface area contributed by atoms with Gasteiger partial charge in [0.15, 0.2) is 0 Å². The lowest BCUT2D eigenvalue weighted by Crippen LogP contribution is -2.33. The van der Waals surface area contributed by atoms with Crippen LogP contribution in [-0.2, 0) is 25.6 Å². The molecule has 0 aromatic heterocycles. The van der Waals surface area contributed by atoms with Crippen LogP contribution in [0.2, 0.25) is 0 Å². The summed E-state index contributed by atoms with van der Waals surface area (Å²) >= 11 is 0. The van der Waals surface area contributed by atoms with Crippen molar-refractivity contribution in [3.8, 4) is 0 Å². The molecule has 0 aliphatic rings. The number of rotatable bonds is 7. The SMILES string of the molecule is COC(=O)c1cccc(COC(=O)CCCNC(=O)OC(C)(C)C)c1. The molecule has 1 aromatic carbocycles. The van der Waals surface area contributed by atoms with Crippen LogP contribution in [0.1, 0.15) is 49.5 Å². The first-order valence-electron chi connectivity index (χ1n) is 8.01. The Labute approximate surface area is 147 Å². The maximum atomic E-state index is 11.7. The number of amides is 1. The average Bonchev–Trinajstić information content (AvgIpc) is 2.55. The average molecular weight is 351 g/mol. The van der Waals surface area contributed by atoms with Crippen molar-refractivity contribution < 1.29 is 28.6 Å². The topological polar surface area (TPSA) is 90.9 Å². The van der Waals surface area contributed by atoms with Crippen LogP contribution in [0, 0.1) is 0 Å². The molecule has 0 saturated carbocycles. The summed E-state index contributed by atoms with van der Waals surface area (Å²) in [5, 5.41) is 2.57. The molecule has 0 aliphatic carbocycles. The zero-order valence-corrected chi connectivity index (χ0v) is 15.1. The van der Waals surface area contributed by atoms with Crippen LogP contribution in [0.5, 0.6) is 0 Å². The van der Waals surface area contributed by atoms with Gasteiger partial charge in [-0.25, -0.2) is 9.59 Å². The van der Waals surface area contributed by atoms with E-state index in [2.05, 4.69) is 10.1 Å². The van der Waals surface area contributed by atoms with E-state index in [1.54, 1.807) is 45.0 Å². The normalized spacial score (nSPS) is 10.7. The summed E-state index contributed by atoms with van der Waals surface area (Å²) < 4.78 is 14.9. The standard InChI is InChI=1S/C18H25NO6/c1-18(2,3)25-17(22)19-10-6-9-15(20)24-12-13-7-5-8-14(11-13)16(21)23-4/h5,7-8,11H,6,9-10,12H2,1-4H3,(H,19,22). The fourth-order valence-corrected chi connectivity index (χ4v) is 1.88. The minimum absolute atomic E-state index is 0.0726. The van der Waals surface area contributed by atoms with Gasteiger partial charge < -0.3 is 19.5 Å². The van der Waals surface area contributed by atoms with E-state index < -0.39 is 17.7 Å². The van der Waals surface area contributed by atoms with Gasteiger partial charge >= 0.3 is 18.0 Å². The molecule has 1 N–H and O–H groups in total. The Bertz CT molecular complexity index is 606. The highest BCUT2D eigenvalue weighted by atomic mass is 16.6. The molecule has 0 atom stereocenters. The van der Waals surface area contributed by atoms with E-state index in [1.165, 1.54) is 7.11 Å². The number of carbonyl (C=O) groups is 3.